The van der Waals surface area contributed by atoms with Crippen molar-refractivity contribution in [1.82, 2.24) is 5.32 Å². The largest absolute Gasteiger partial charge is 0.480 e. The maximum atomic E-state index is 12.3. The molecule has 0 fully saturated rings. The first-order valence-electron chi connectivity index (χ1n) is 23.2. The van der Waals surface area contributed by atoms with Gasteiger partial charge in [0.15, 0.2) is 6.04 Å². The summed E-state index contributed by atoms with van der Waals surface area (Å²) in [6.07, 6.45) is 40.9. The third-order valence-corrected chi connectivity index (χ3v) is 11.3. The van der Waals surface area contributed by atoms with E-state index in [4.69, 9.17) is 13.8 Å². The van der Waals surface area contributed by atoms with Crippen LogP contribution in [-0.2, 0) is 32.7 Å². The molecule has 0 aromatic rings. The maximum Gasteiger partial charge on any atom is 0.472 e. The Kier molecular flexibility index (Phi) is 39.7. The number of phosphoric acid groups is 1. The summed E-state index contributed by atoms with van der Waals surface area (Å²) in [4.78, 5) is 45.9. The highest BCUT2D eigenvalue weighted by atomic mass is 31.2. The number of carboxylic acids is 1. The zero-order chi connectivity index (χ0) is 42.1. The molecular formula is C45H86NO10P. The Morgan fingerprint density at radius 2 is 0.912 bits per heavy atom. The van der Waals surface area contributed by atoms with Crippen LogP contribution in [0.15, 0.2) is 12.2 Å². The Bertz CT molecular complexity index is 1030. The summed E-state index contributed by atoms with van der Waals surface area (Å²) in [6.45, 7) is 2.60. The van der Waals surface area contributed by atoms with Gasteiger partial charge in [0.05, 0.1) is 13.2 Å². The van der Waals surface area contributed by atoms with Crippen molar-refractivity contribution in [2.45, 2.75) is 238 Å². The van der Waals surface area contributed by atoms with E-state index in [1.807, 2.05) is 0 Å². The lowest BCUT2D eigenvalue weighted by Gasteiger charge is -2.18. The van der Waals surface area contributed by atoms with Gasteiger partial charge in [-0.1, -0.05) is 187 Å². The summed E-state index contributed by atoms with van der Waals surface area (Å²) in [6, 6.07) is -1.54. The second kappa shape index (κ2) is 41.0. The molecule has 3 unspecified atom stereocenters. The average Bonchev–Trinajstić information content (AvgIpc) is 3.18. The minimum Gasteiger partial charge on any atom is -0.480 e. The lowest BCUT2D eigenvalue weighted by atomic mass is 10.0. The highest BCUT2D eigenvalue weighted by Gasteiger charge is 2.28. The molecule has 0 aromatic carbocycles. The van der Waals surface area contributed by atoms with E-state index < -0.39 is 57.6 Å². The minimum atomic E-state index is -4.75. The van der Waals surface area contributed by atoms with Crippen LogP contribution in [0.1, 0.15) is 226 Å². The smallest absolute Gasteiger partial charge is 0.472 e. The number of carbonyl (C=O) groups is 3. The van der Waals surface area contributed by atoms with Crippen LogP contribution in [0, 0.1) is 0 Å². The van der Waals surface area contributed by atoms with Crippen molar-refractivity contribution in [3.05, 3.63) is 12.2 Å². The van der Waals surface area contributed by atoms with Gasteiger partial charge in [0.1, 0.15) is 12.7 Å². The quantitative estimate of drug-likeness (QED) is 0.0201. The molecule has 0 aromatic heterocycles. The number of ether oxygens (including phenoxy) is 1. The van der Waals surface area contributed by atoms with Crippen LogP contribution in [0.3, 0.4) is 0 Å². The van der Waals surface area contributed by atoms with Gasteiger partial charge in [-0.3, -0.25) is 18.6 Å². The summed E-state index contributed by atoms with van der Waals surface area (Å²) in [5, 5.41) is 21.8. The number of hydrogen-bond donors (Lipinski definition) is 4. The number of aliphatic hydroxyl groups excluding tert-OH is 1. The molecule has 0 saturated carbocycles. The molecule has 0 aliphatic carbocycles. The number of amides is 1. The van der Waals surface area contributed by atoms with Crippen molar-refractivity contribution in [3.8, 4) is 0 Å². The number of carbonyl (C=O) groups excluding carboxylic acids is 2. The van der Waals surface area contributed by atoms with Crippen molar-refractivity contribution in [2.24, 2.45) is 0 Å². The Morgan fingerprint density at radius 1 is 0.544 bits per heavy atom. The molecule has 0 spiro atoms. The van der Waals surface area contributed by atoms with E-state index >= 15 is 0 Å². The predicted octanol–water partition coefficient (Wildman–Crippen LogP) is 12.1. The first kappa shape index (κ1) is 55.2. The van der Waals surface area contributed by atoms with Gasteiger partial charge in [-0.2, -0.15) is 0 Å². The highest BCUT2D eigenvalue weighted by molar-refractivity contribution is 7.47. The van der Waals surface area contributed by atoms with Crippen LogP contribution in [0.4, 0.5) is 0 Å². The number of aliphatic hydroxyl groups is 1. The van der Waals surface area contributed by atoms with Crippen molar-refractivity contribution >= 4 is 25.7 Å². The molecule has 0 bridgehead atoms. The summed E-state index contributed by atoms with van der Waals surface area (Å²) < 4.78 is 26.8. The molecule has 0 rings (SSSR count). The van der Waals surface area contributed by atoms with Gasteiger partial charge < -0.3 is 25.2 Å². The molecule has 0 heterocycles. The number of rotatable bonds is 44. The molecule has 0 aliphatic heterocycles. The molecule has 57 heavy (non-hydrogen) atoms. The van der Waals surface area contributed by atoms with Crippen molar-refractivity contribution in [1.29, 1.82) is 0 Å². The zero-order valence-corrected chi connectivity index (χ0v) is 37.3. The molecule has 0 aliphatic rings. The zero-order valence-electron chi connectivity index (χ0n) is 36.4. The minimum absolute atomic E-state index is 0.151. The van der Waals surface area contributed by atoms with Crippen LogP contribution >= 0.6 is 7.82 Å². The fourth-order valence-corrected chi connectivity index (χ4v) is 7.44. The van der Waals surface area contributed by atoms with Crippen LogP contribution < -0.4 is 5.32 Å². The highest BCUT2D eigenvalue weighted by Crippen LogP contribution is 2.43. The van der Waals surface area contributed by atoms with Crippen LogP contribution in [0.25, 0.3) is 0 Å². The molecule has 3 atom stereocenters. The Morgan fingerprint density at radius 3 is 1.35 bits per heavy atom. The van der Waals surface area contributed by atoms with Crippen molar-refractivity contribution in [2.75, 3.05) is 19.8 Å². The Balaban J connectivity index is 3.84. The second-order valence-corrected chi connectivity index (χ2v) is 17.4. The summed E-state index contributed by atoms with van der Waals surface area (Å²) in [7, 11) is -4.75. The van der Waals surface area contributed by atoms with Gasteiger partial charge in [-0.25, -0.2) is 9.36 Å². The number of allylic oxidation sites excluding steroid dienone is 2. The van der Waals surface area contributed by atoms with E-state index in [1.165, 1.54) is 128 Å². The van der Waals surface area contributed by atoms with Gasteiger partial charge in [0.25, 0.3) is 0 Å². The monoisotopic (exact) mass is 832 g/mol. The van der Waals surface area contributed by atoms with Gasteiger partial charge in [-0.15, -0.1) is 0 Å². The van der Waals surface area contributed by atoms with Crippen LogP contribution in [0.5, 0.6) is 0 Å². The SMILES string of the molecule is CCCCCC/C=C\CCCCCCCC(=O)OCC(O)COP(=O)(O)OCC(NC(=O)CCCCCCCCCCCCCCCCCCCCCC)C(=O)O. The summed E-state index contributed by atoms with van der Waals surface area (Å²) >= 11 is 0. The Labute approximate surface area is 347 Å². The van der Waals surface area contributed by atoms with E-state index in [0.29, 0.717) is 12.8 Å². The molecule has 0 radical (unpaired) electrons. The Hall–Kier alpha value is -1.78. The van der Waals surface area contributed by atoms with Gasteiger partial charge >= 0.3 is 19.8 Å². The molecule has 336 valence electrons. The third kappa shape index (κ3) is 40.8. The third-order valence-electron chi connectivity index (χ3n) is 10.3. The van der Waals surface area contributed by atoms with Crippen molar-refractivity contribution in [3.63, 3.8) is 0 Å². The first-order valence-corrected chi connectivity index (χ1v) is 24.7. The number of carboxylic acid groups (broad SMARTS) is 1. The molecular weight excluding hydrogens is 745 g/mol. The number of hydrogen-bond acceptors (Lipinski definition) is 8. The maximum absolute atomic E-state index is 12.3. The number of unbranched alkanes of at least 4 members (excludes halogenated alkanes) is 28. The number of esters is 1. The fourth-order valence-electron chi connectivity index (χ4n) is 6.66. The van der Waals surface area contributed by atoms with E-state index in [2.05, 4.69) is 31.3 Å². The molecule has 4 N–H and O–H groups in total. The normalized spacial score (nSPS) is 13.8. The molecule has 11 nitrogen and oxygen atoms in total. The van der Waals surface area contributed by atoms with E-state index in [-0.39, 0.29) is 12.8 Å². The summed E-state index contributed by atoms with van der Waals surface area (Å²) in [5.74, 6) is -2.37. The summed E-state index contributed by atoms with van der Waals surface area (Å²) in [5.41, 5.74) is 0. The van der Waals surface area contributed by atoms with Crippen molar-refractivity contribution < 1.29 is 47.8 Å². The molecule has 1 amide bonds. The standard InChI is InChI=1S/C45H86NO10P/c1-3-5-7-9-11-13-15-17-18-19-20-21-22-23-25-26-28-30-32-34-36-43(48)46-42(45(50)51)40-56-57(52,53)55-39-41(47)38-54-44(49)37-35-33-31-29-27-24-16-14-12-10-8-6-4-2/h14,16,41-42,47H,3-13,15,17-40H2,1-2H3,(H,46,48)(H,50,51)(H,52,53)/b16-14-. The van der Waals surface area contributed by atoms with Gasteiger partial charge in [0, 0.05) is 12.8 Å². The topological polar surface area (TPSA) is 169 Å². The predicted molar refractivity (Wildman–Crippen MR) is 231 cm³/mol. The van der Waals surface area contributed by atoms with Crippen LogP contribution in [-0.4, -0.2) is 64.9 Å². The number of phosphoric ester groups is 1. The average molecular weight is 832 g/mol. The molecule has 0 saturated heterocycles. The first-order chi connectivity index (χ1) is 27.6. The van der Waals surface area contributed by atoms with E-state index in [9.17, 15) is 34.1 Å². The number of aliphatic carboxylic acids is 1. The lowest BCUT2D eigenvalue weighted by Crippen LogP contribution is -2.43. The van der Waals surface area contributed by atoms with E-state index in [0.717, 1.165) is 57.8 Å². The lowest BCUT2D eigenvalue weighted by molar-refractivity contribution is -0.147. The second-order valence-electron chi connectivity index (χ2n) is 15.9. The fraction of sp³-hybridized carbons (Fsp3) is 0.889. The number of nitrogens with one attached hydrogen (secondary N) is 1. The molecule has 12 heteroatoms. The van der Waals surface area contributed by atoms with Gasteiger partial charge in [-0.05, 0) is 38.5 Å². The van der Waals surface area contributed by atoms with E-state index in [1.54, 1.807) is 0 Å². The van der Waals surface area contributed by atoms with Crippen LogP contribution in [0.2, 0.25) is 0 Å². The van der Waals surface area contributed by atoms with Gasteiger partial charge in [0.2, 0.25) is 5.91 Å².